The average molecular weight is 334 g/mol. The largest absolute Gasteiger partial charge is 0.459 e. The Kier molecular flexibility index (Phi) is 14.0. The van der Waals surface area contributed by atoms with Gasteiger partial charge in [0.2, 0.25) is 0 Å². The molecule has 0 fully saturated rings. The molecule has 6 nitrogen and oxygen atoms in total. The molecule has 126 valence electrons. The summed E-state index contributed by atoms with van der Waals surface area (Å²) in [5, 5.41) is 0. The molecule has 1 aromatic rings. The van der Waals surface area contributed by atoms with Gasteiger partial charge in [-0.15, -0.1) is 12.4 Å². The lowest BCUT2D eigenvalue weighted by Crippen LogP contribution is -2.16. The number of rotatable bonds is 12. The first-order chi connectivity index (χ1) is 10.3. The van der Waals surface area contributed by atoms with Crippen molar-refractivity contribution >= 4 is 18.4 Å². The fraction of sp³-hybridized carbons (Fsp3) is 0.533. The molecule has 0 spiro atoms. The first-order valence-corrected chi connectivity index (χ1v) is 6.96. The van der Waals surface area contributed by atoms with E-state index in [1.165, 1.54) is 0 Å². The van der Waals surface area contributed by atoms with Crippen LogP contribution in [-0.4, -0.2) is 52.2 Å². The van der Waals surface area contributed by atoms with Gasteiger partial charge in [-0.3, -0.25) is 0 Å². The standard InChI is InChI=1S/C15H23NO5.ClH/c16-6-7-18-8-9-19-10-11-20-13-15(17)21-12-14-4-2-1-3-5-14;/h1-5H,6-13,16H2;1H. The zero-order valence-electron chi connectivity index (χ0n) is 12.6. The predicted octanol–water partition coefficient (Wildman–Crippen LogP) is 1.16. The first-order valence-electron chi connectivity index (χ1n) is 6.96. The summed E-state index contributed by atoms with van der Waals surface area (Å²) in [5.74, 6) is -0.384. The zero-order valence-corrected chi connectivity index (χ0v) is 13.4. The zero-order chi connectivity index (χ0) is 15.2. The maximum absolute atomic E-state index is 11.4. The number of halogens is 1. The first kappa shape index (κ1) is 20.8. The third-order valence-electron chi connectivity index (χ3n) is 2.47. The minimum atomic E-state index is -0.384. The summed E-state index contributed by atoms with van der Waals surface area (Å²) in [4.78, 5) is 11.4. The smallest absolute Gasteiger partial charge is 0.332 e. The van der Waals surface area contributed by atoms with Crippen LogP contribution in [0.5, 0.6) is 0 Å². The molecule has 7 heteroatoms. The highest BCUT2D eigenvalue weighted by Gasteiger charge is 2.03. The molecule has 0 atom stereocenters. The van der Waals surface area contributed by atoms with Gasteiger partial charge in [-0.25, -0.2) is 4.79 Å². The third kappa shape index (κ3) is 11.5. The Morgan fingerprint density at radius 3 is 2.14 bits per heavy atom. The van der Waals surface area contributed by atoms with E-state index in [-0.39, 0.29) is 31.6 Å². The molecular weight excluding hydrogens is 310 g/mol. The van der Waals surface area contributed by atoms with Crippen LogP contribution in [0.15, 0.2) is 30.3 Å². The van der Waals surface area contributed by atoms with E-state index in [0.29, 0.717) is 39.6 Å². The van der Waals surface area contributed by atoms with Gasteiger partial charge in [-0.05, 0) is 5.56 Å². The number of benzene rings is 1. The minimum Gasteiger partial charge on any atom is -0.459 e. The number of nitrogens with two attached hydrogens (primary N) is 1. The monoisotopic (exact) mass is 333 g/mol. The second-order valence-corrected chi connectivity index (χ2v) is 4.21. The molecule has 0 amide bonds. The van der Waals surface area contributed by atoms with E-state index >= 15 is 0 Å². The van der Waals surface area contributed by atoms with Crippen molar-refractivity contribution in [2.45, 2.75) is 6.61 Å². The Balaban J connectivity index is 0.00000441. The van der Waals surface area contributed by atoms with E-state index in [4.69, 9.17) is 24.7 Å². The normalized spacial score (nSPS) is 10.0. The van der Waals surface area contributed by atoms with Gasteiger partial charge in [0.15, 0.2) is 0 Å². The Bertz CT molecular complexity index is 377. The van der Waals surface area contributed by atoms with Crippen LogP contribution < -0.4 is 5.73 Å². The van der Waals surface area contributed by atoms with E-state index in [9.17, 15) is 4.79 Å². The van der Waals surface area contributed by atoms with Gasteiger partial charge in [0.1, 0.15) is 13.2 Å². The van der Waals surface area contributed by atoms with Crippen molar-refractivity contribution in [2.75, 3.05) is 46.2 Å². The summed E-state index contributed by atoms with van der Waals surface area (Å²) in [6, 6.07) is 9.50. The number of hydrogen-bond donors (Lipinski definition) is 1. The van der Waals surface area contributed by atoms with Crippen LogP contribution in [0.4, 0.5) is 0 Å². The highest BCUT2D eigenvalue weighted by atomic mass is 35.5. The fourth-order valence-corrected chi connectivity index (χ4v) is 1.46. The van der Waals surface area contributed by atoms with Gasteiger partial charge >= 0.3 is 5.97 Å². The number of carbonyl (C=O) groups is 1. The van der Waals surface area contributed by atoms with Crippen LogP contribution in [0.2, 0.25) is 0 Å². The van der Waals surface area contributed by atoms with Gasteiger partial charge < -0.3 is 24.7 Å². The summed E-state index contributed by atoms with van der Waals surface area (Å²) in [7, 11) is 0. The van der Waals surface area contributed by atoms with Gasteiger partial charge in [-0.2, -0.15) is 0 Å². The lowest BCUT2D eigenvalue weighted by atomic mass is 10.2. The van der Waals surface area contributed by atoms with E-state index < -0.39 is 0 Å². The van der Waals surface area contributed by atoms with Gasteiger partial charge in [0, 0.05) is 6.54 Å². The van der Waals surface area contributed by atoms with Gasteiger partial charge in [0.05, 0.1) is 33.0 Å². The molecule has 2 N–H and O–H groups in total. The topological polar surface area (TPSA) is 80.0 Å². The van der Waals surface area contributed by atoms with Gasteiger partial charge in [-0.1, -0.05) is 30.3 Å². The van der Waals surface area contributed by atoms with Crippen LogP contribution in [0, 0.1) is 0 Å². The number of esters is 1. The molecule has 0 radical (unpaired) electrons. The SMILES string of the molecule is Cl.NCCOCCOCCOCC(=O)OCc1ccccc1. The van der Waals surface area contributed by atoms with Crippen molar-refractivity contribution in [3.8, 4) is 0 Å². The van der Waals surface area contributed by atoms with E-state index in [0.717, 1.165) is 5.56 Å². The van der Waals surface area contributed by atoms with Crippen LogP contribution in [-0.2, 0) is 30.3 Å². The number of hydrogen-bond acceptors (Lipinski definition) is 6. The molecule has 0 saturated carbocycles. The summed E-state index contributed by atoms with van der Waals surface area (Å²) >= 11 is 0. The maximum Gasteiger partial charge on any atom is 0.332 e. The molecule has 1 aromatic carbocycles. The Hall–Kier alpha value is -1.18. The molecule has 0 heterocycles. The molecule has 1 rings (SSSR count). The highest BCUT2D eigenvalue weighted by Crippen LogP contribution is 2.00. The lowest BCUT2D eigenvalue weighted by molar-refractivity contribution is -0.150. The van der Waals surface area contributed by atoms with E-state index in [1.54, 1.807) is 0 Å². The third-order valence-corrected chi connectivity index (χ3v) is 2.47. The van der Waals surface area contributed by atoms with Crippen LogP contribution in [0.1, 0.15) is 5.56 Å². The van der Waals surface area contributed by atoms with Crippen molar-refractivity contribution in [3.05, 3.63) is 35.9 Å². The lowest BCUT2D eigenvalue weighted by Gasteiger charge is -2.07. The number of ether oxygens (including phenoxy) is 4. The minimum absolute atomic E-state index is 0. The molecule has 0 unspecified atom stereocenters. The average Bonchev–Trinajstić information content (AvgIpc) is 2.52. The van der Waals surface area contributed by atoms with Crippen molar-refractivity contribution in [3.63, 3.8) is 0 Å². The Morgan fingerprint density at radius 1 is 0.909 bits per heavy atom. The Morgan fingerprint density at radius 2 is 1.50 bits per heavy atom. The second kappa shape index (κ2) is 14.7. The molecule has 0 bridgehead atoms. The summed E-state index contributed by atoms with van der Waals surface area (Å²) in [5.41, 5.74) is 6.22. The second-order valence-electron chi connectivity index (χ2n) is 4.21. The van der Waals surface area contributed by atoms with Crippen molar-refractivity contribution in [1.29, 1.82) is 0 Å². The summed E-state index contributed by atoms with van der Waals surface area (Å²) in [6.45, 7) is 2.99. The molecule has 0 saturated heterocycles. The van der Waals surface area contributed by atoms with Crippen LogP contribution >= 0.6 is 12.4 Å². The fourth-order valence-electron chi connectivity index (χ4n) is 1.46. The molecule has 0 aliphatic carbocycles. The van der Waals surface area contributed by atoms with Crippen molar-refractivity contribution in [1.82, 2.24) is 0 Å². The van der Waals surface area contributed by atoms with Crippen LogP contribution in [0.25, 0.3) is 0 Å². The van der Waals surface area contributed by atoms with E-state index in [2.05, 4.69) is 0 Å². The Labute approximate surface area is 137 Å². The van der Waals surface area contributed by atoms with Crippen molar-refractivity contribution < 1.29 is 23.7 Å². The predicted molar refractivity (Wildman–Crippen MR) is 85.0 cm³/mol. The van der Waals surface area contributed by atoms with Crippen molar-refractivity contribution in [2.24, 2.45) is 5.73 Å². The summed E-state index contributed by atoms with van der Waals surface area (Å²) in [6.07, 6.45) is 0. The molecule has 22 heavy (non-hydrogen) atoms. The van der Waals surface area contributed by atoms with Gasteiger partial charge in [0.25, 0.3) is 0 Å². The maximum atomic E-state index is 11.4. The molecule has 0 aliphatic heterocycles. The molecule has 0 aromatic heterocycles. The number of carbonyl (C=O) groups excluding carboxylic acids is 1. The molecular formula is C15H24ClNO5. The van der Waals surface area contributed by atoms with Crippen LogP contribution in [0.3, 0.4) is 0 Å². The molecule has 0 aliphatic rings. The van der Waals surface area contributed by atoms with E-state index in [1.807, 2.05) is 30.3 Å². The highest BCUT2D eigenvalue weighted by molar-refractivity contribution is 5.85. The summed E-state index contributed by atoms with van der Waals surface area (Å²) < 4.78 is 20.6. The quantitative estimate of drug-likeness (QED) is 0.457.